The number of carbonyl (C=O) groups is 2. The summed E-state index contributed by atoms with van der Waals surface area (Å²) in [5.41, 5.74) is 0.0416. The van der Waals surface area contributed by atoms with E-state index in [-0.39, 0.29) is 24.5 Å². The van der Waals surface area contributed by atoms with E-state index in [0.717, 1.165) is 9.87 Å². The lowest BCUT2D eigenvalue weighted by Gasteiger charge is -2.22. The van der Waals surface area contributed by atoms with Crippen molar-refractivity contribution in [2.24, 2.45) is 5.41 Å². The van der Waals surface area contributed by atoms with Gasteiger partial charge in [-0.3, -0.25) is 4.79 Å². The second-order valence-corrected chi connectivity index (χ2v) is 8.00. The van der Waals surface area contributed by atoms with Crippen molar-refractivity contribution in [1.29, 1.82) is 0 Å². The van der Waals surface area contributed by atoms with Crippen LogP contribution in [0, 0.1) is 12.3 Å². The molecule has 0 saturated carbocycles. The molecule has 23 heavy (non-hydrogen) atoms. The second kappa shape index (κ2) is 6.41. The van der Waals surface area contributed by atoms with Crippen LogP contribution in [0.5, 0.6) is 0 Å². The van der Waals surface area contributed by atoms with Crippen molar-refractivity contribution in [3.63, 3.8) is 0 Å². The maximum absolute atomic E-state index is 12.9. The topological polar surface area (TPSA) is 80.8 Å². The summed E-state index contributed by atoms with van der Waals surface area (Å²) in [6, 6.07) is 5.42. The molecule has 0 unspecified atom stereocenters. The zero-order chi connectivity index (χ0) is 17.3. The third-order valence-electron chi connectivity index (χ3n) is 4.00. The number of hydrogen-bond acceptors (Lipinski definition) is 5. The molecule has 126 valence electrons. The van der Waals surface area contributed by atoms with E-state index in [1.807, 2.05) is 6.92 Å². The number of esters is 1. The van der Waals surface area contributed by atoms with E-state index in [2.05, 4.69) is 0 Å². The number of hydrogen-bond donors (Lipinski definition) is 0. The van der Waals surface area contributed by atoms with Gasteiger partial charge in [-0.15, -0.1) is 0 Å². The molecule has 0 N–H and O–H groups in total. The fourth-order valence-electron chi connectivity index (χ4n) is 2.70. The van der Waals surface area contributed by atoms with Crippen LogP contribution in [0.4, 0.5) is 0 Å². The molecule has 0 bridgehead atoms. The van der Waals surface area contributed by atoms with E-state index >= 15 is 0 Å². The van der Waals surface area contributed by atoms with E-state index < -0.39 is 27.4 Å². The molecular weight excluding hydrogens is 318 g/mol. The number of aldehydes is 1. The molecule has 0 amide bonds. The van der Waals surface area contributed by atoms with Crippen LogP contribution in [0.25, 0.3) is 0 Å². The molecule has 0 aliphatic carbocycles. The van der Waals surface area contributed by atoms with Crippen LogP contribution < -0.4 is 0 Å². The van der Waals surface area contributed by atoms with Gasteiger partial charge in [0, 0.05) is 12.0 Å². The van der Waals surface area contributed by atoms with Crippen LogP contribution >= 0.6 is 0 Å². The molecule has 1 aromatic carbocycles. The van der Waals surface area contributed by atoms with Crippen molar-refractivity contribution in [2.75, 3.05) is 13.2 Å². The van der Waals surface area contributed by atoms with Gasteiger partial charge in [-0.2, -0.15) is 4.31 Å². The van der Waals surface area contributed by atoms with E-state index in [1.165, 1.54) is 12.1 Å². The van der Waals surface area contributed by atoms with Gasteiger partial charge in [0.15, 0.2) is 0 Å². The molecule has 1 aliphatic heterocycles. The van der Waals surface area contributed by atoms with Crippen molar-refractivity contribution in [2.45, 2.75) is 38.1 Å². The van der Waals surface area contributed by atoms with Gasteiger partial charge in [-0.1, -0.05) is 24.6 Å². The number of nitrogens with zero attached hydrogens (tertiary/aromatic N) is 1. The van der Waals surface area contributed by atoms with Gasteiger partial charge in [-0.05, 0) is 32.4 Å². The molecule has 2 atom stereocenters. The minimum atomic E-state index is -3.88. The molecule has 0 spiro atoms. The van der Waals surface area contributed by atoms with Gasteiger partial charge >= 0.3 is 5.97 Å². The van der Waals surface area contributed by atoms with Crippen LogP contribution in [0.15, 0.2) is 29.2 Å². The predicted octanol–water partition coefficient (Wildman–Crippen LogP) is 1.53. The molecule has 7 heteroatoms. The van der Waals surface area contributed by atoms with Gasteiger partial charge in [0.25, 0.3) is 0 Å². The summed E-state index contributed by atoms with van der Waals surface area (Å²) in [4.78, 5) is 23.6. The van der Waals surface area contributed by atoms with E-state index in [4.69, 9.17) is 4.74 Å². The van der Waals surface area contributed by atoms with Crippen molar-refractivity contribution >= 4 is 22.3 Å². The monoisotopic (exact) mass is 339 g/mol. The fourth-order valence-corrected chi connectivity index (χ4v) is 4.41. The highest BCUT2D eigenvalue weighted by Crippen LogP contribution is 2.37. The molecule has 6 nitrogen and oxygen atoms in total. The number of benzene rings is 1. The number of aryl methyl sites for hydroxylation is 1. The fraction of sp³-hybridized carbons (Fsp3) is 0.500. The summed E-state index contributed by atoms with van der Waals surface area (Å²) in [6.45, 7) is 5.29. The first-order valence-corrected chi connectivity index (χ1v) is 8.89. The quantitative estimate of drug-likeness (QED) is 0.600. The zero-order valence-electron chi connectivity index (χ0n) is 13.5. The Morgan fingerprint density at radius 1 is 1.39 bits per heavy atom. The molecule has 1 fully saturated rings. The van der Waals surface area contributed by atoms with Crippen molar-refractivity contribution in [3.05, 3.63) is 29.8 Å². The molecule has 0 aromatic heterocycles. The average molecular weight is 339 g/mol. The van der Waals surface area contributed by atoms with Crippen LogP contribution in [-0.2, 0) is 24.3 Å². The predicted molar refractivity (Wildman–Crippen MR) is 84.3 cm³/mol. The summed E-state index contributed by atoms with van der Waals surface area (Å²) >= 11 is 0. The maximum Gasteiger partial charge on any atom is 0.324 e. The molecule has 2 rings (SSSR count). The summed E-state index contributed by atoms with van der Waals surface area (Å²) in [5.74, 6) is -0.617. The Morgan fingerprint density at radius 2 is 2.00 bits per heavy atom. The van der Waals surface area contributed by atoms with Crippen molar-refractivity contribution < 1.29 is 22.7 Å². The molecule has 1 saturated heterocycles. The Bertz CT molecular complexity index is 698. The van der Waals surface area contributed by atoms with Gasteiger partial charge in [0.2, 0.25) is 10.0 Å². The second-order valence-electron chi connectivity index (χ2n) is 6.11. The number of carbonyl (C=O) groups excluding carboxylic acids is 2. The normalized spacial score (nSPS) is 25.3. The highest BCUT2D eigenvalue weighted by molar-refractivity contribution is 7.89. The number of sulfonamides is 1. The number of ether oxygens (including phenoxy) is 1. The Morgan fingerprint density at radius 3 is 2.52 bits per heavy atom. The highest BCUT2D eigenvalue weighted by atomic mass is 32.2. The van der Waals surface area contributed by atoms with Crippen molar-refractivity contribution in [3.8, 4) is 0 Å². The standard InChI is InChI=1S/C16H21NO5S/c1-4-22-15(19)14-9-16(3,11-18)10-17(14)23(20,21)13-7-5-12(2)6-8-13/h5-8,11,14H,4,9-10H2,1-3H3/t14-,16-/m0/s1. The SMILES string of the molecule is CCOC(=O)[C@@H]1C[C@](C)(C=O)CN1S(=O)(=O)c1ccc(C)cc1. The van der Waals surface area contributed by atoms with E-state index in [0.29, 0.717) is 6.29 Å². The molecular formula is C16H21NO5S. The first-order valence-electron chi connectivity index (χ1n) is 7.45. The molecule has 1 aromatic rings. The van der Waals surface area contributed by atoms with Gasteiger partial charge in [-0.25, -0.2) is 8.42 Å². The molecule has 1 aliphatic rings. The lowest BCUT2D eigenvalue weighted by Crippen LogP contribution is -2.41. The van der Waals surface area contributed by atoms with E-state index in [9.17, 15) is 18.0 Å². The first kappa shape index (κ1) is 17.6. The number of rotatable bonds is 5. The molecule has 1 heterocycles. The average Bonchev–Trinajstić information content (AvgIpc) is 2.88. The summed E-state index contributed by atoms with van der Waals surface area (Å²) < 4.78 is 31.8. The lowest BCUT2D eigenvalue weighted by molar-refractivity contribution is -0.147. The summed E-state index contributed by atoms with van der Waals surface area (Å²) in [7, 11) is -3.88. The summed E-state index contributed by atoms with van der Waals surface area (Å²) in [6.07, 6.45) is 0.838. The third-order valence-corrected chi connectivity index (χ3v) is 5.86. The van der Waals surface area contributed by atoms with Gasteiger partial charge in [0.1, 0.15) is 12.3 Å². The molecule has 0 radical (unpaired) electrons. The Kier molecular flexibility index (Phi) is 4.91. The minimum absolute atomic E-state index is 0.0316. The van der Waals surface area contributed by atoms with Crippen LogP contribution in [-0.4, -0.2) is 44.2 Å². The lowest BCUT2D eigenvalue weighted by atomic mass is 9.90. The van der Waals surface area contributed by atoms with E-state index in [1.54, 1.807) is 26.0 Å². The van der Waals surface area contributed by atoms with Crippen LogP contribution in [0.3, 0.4) is 0 Å². The third kappa shape index (κ3) is 3.45. The first-order chi connectivity index (χ1) is 10.7. The zero-order valence-corrected chi connectivity index (χ0v) is 14.3. The Hall–Kier alpha value is -1.73. The maximum atomic E-state index is 12.9. The smallest absolute Gasteiger partial charge is 0.324 e. The minimum Gasteiger partial charge on any atom is -0.465 e. The van der Waals surface area contributed by atoms with Crippen LogP contribution in [0.1, 0.15) is 25.8 Å². The largest absolute Gasteiger partial charge is 0.465 e. The highest BCUT2D eigenvalue weighted by Gasteiger charge is 2.50. The Labute approximate surface area is 136 Å². The van der Waals surface area contributed by atoms with Crippen molar-refractivity contribution in [1.82, 2.24) is 4.31 Å². The van der Waals surface area contributed by atoms with Gasteiger partial charge < -0.3 is 9.53 Å². The Balaban J connectivity index is 2.42. The van der Waals surface area contributed by atoms with Crippen LogP contribution in [0.2, 0.25) is 0 Å². The van der Waals surface area contributed by atoms with Gasteiger partial charge in [0.05, 0.1) is 11.5 Å². The summed E-state index contributed by atoms with van der Waals surface area (Å²) in [5, 5.41) is 0.